The maximum atomic E-state index is 12.5. The Balaban J connectivity index is 1.24. The van der Waals surface area contributed by atoms with Crippen LogP contribution in [0.2, 0.25) is 0 Å². The summed E-state index contributed by atoms with van der Waals surface area (Å²) in [7, 11) is 0. The Morgan fingerprint density at radius 2 is 1.70 bits per heavy atom. The van der Waals surface area contributed by atoms with Crippen LogP contribution in [-0.2, 0) is 32.2 Å². The van der Waals surface area contributed by atoms with Crippen molar-refractivity contribution in [3.63, 3.8) is 0 Å². The fourth-order valence-corrected chi connectivity index (χ4v) is 6.59. The molecule has 10 nitrogen and oxygen atoms in total. The molecule has 1 aliphatic heterocycles. The molecular weight excluding hydrogens is 614 g/mol. The largest absolute Gasteiger partial charge is 0.392 e. The average molecular weight is 658 g/mol. The Bertz CT molecular complexity index is 1570. The highest BCUT2D eigenvalue weighted by molar-refractivity contribution is 7.99. The van der Waals surface area contributed by atoms with Crippen LogP contribution >= 0.6 is 11.8 Å². The third-order valence-electron chi connectivity index (χ3n) is 8.34. The van der Waals surface area contributed by atoms with Gasteiger partial charge in [0.25, 0.3) is 0 Å². The number of aliphatic hydroxyl groups excluding tert-OH is 1. The Kier molecular flexibility index (Phi) is 12.6. The molecule has 2 amide bonds. The molecule has 11 heteroatoms. The van der Waals surface area contributed by atoms with E-state index in [-0.39, 0.29) is 36.5 Å². The van der Waals surface area contributed by atoms with Crippen LogP contribution in [0.25, 0.3) is 11.1 Å². The van der Waals surface area contributed by atoms with Gasteiger partial charge in [-0.3, -0.25) is 14.7 Å². The summed E-state index contributed by atoms with van der Waals surface area (Å²) >= 11 is 1.57. The fourth-order valence-electron chi connectivity index (χ4n) is 5.64. The maximum absolute atomic E-state index is 12.5. The van der Waals surface area contributed by atoms with Gasteiger partial charge in [-0.1, -0.05) is 97.9 Å². The normalized spacial score (nSPS) is 19.3. The summed E-state index contributed by atoms with van der Waals surface area (Å²) in [4.78, 5) is 27.7. The van der Waals surface area contributed by atoms with Crippen LogP contribution in [0.1, 0.15) is 74.2 Å². The molecule has 1 aromatic heterocycles. The van der Waals surface area contributed by atoms with Gasteiger partial charge in [-0.15, -0.1) is 0 Å². The van der Waals surface area contributed by atoms with Crippen LogP contribution in [0, 0.1) is 5.92 Å². The molecule has 1 saturated heterocycles. The van der Waals surface area contributed by atoms with Gasteiger partial charge in [0.1, 0.15) is 6.33 Å². The quantitative estimate of drug-likeness (QED) is 0.0922. The first-order valence-electron chi connectivity index (χ1n) is 16.1. The van der Waals surface area contributed by atoms with Gasteiger partial charge in [-0.2, -0.15) is 5.10 Å². The number of H-pyrrole nitrogens is 1. The molecule has 2 heterocycles. The standard InChI is InChI=1S/C36H43N5O5S/c1-24-32(22-47-36-39-23-40-41-36)45-35(46-34(24)28-13-11-26(21-42)12-14-28)29-17-15-27(16-18-29)31-9-6-5-8-30(31)20-38-33(44)10-4-3-7-19-37-25(2)43/h5-6,8-9,11-18,23-24,32,34-35,42H,3-4,7,10,19-22H2,1-2H3,(H,37,43)(H,38,44)(H,39,40,41)/t24-,32+,34+,35+/m1/s1. The van der Waals surface area contributed by atoms with E-state index < -0.39 is 6.29 Å². The highest BCUT2D eigenvalue weighted by Crippen LogP contribution is 2.43. The van der Waals surface area contributed by atoms with Crippen LogP contribution in [0.3, 0.4) is 0 Å². The van der Waals surface area contributed by atoms with Gasteiger partial charge < -0.3 is 25.2 Å². The van der Waals surface area contributed by atoms with Gasteiger partial charge in [-0.25, -0.2) is 4.98 Å². The van der Waals surface area contributed by atoms with Crippen molar-refractivity contribution in [3.05, 3.63) is 101 Å². The Morgan fingerprint density at radius 3 is 2.43 bits per heavy atom. The lowest BCUT2D eigenvalue weighted by molar-refractivity contribution is -0.268. The van der Waals surface area contributed by atoms with Crippen LogP contribution in [0.5, 0.6) is 0 Å². The van der Waals surface area contributed by atoms with Crippen LogP contribution in [-0.4, -0.2) is 50.5 Å². The summed E-state index contributed by atoms with van der Waals surface area (Å²) in [6.07, 6.45) is 3.60. The predicted molar refractivity (Wildman–Crippen MR) is 181 cm³/mol. The Labute approximate surface area is 280 Å². The number of aromatic nitrogens is 3. The first-order valence-corrected chi connectivity index (χ1v) is 17.1. The third kappa shape index (κ3) is 9.74. The zero-order chi connectivity index (χ0) is 33.0. The molecule has 1 fully saturated rings. The number of benzene rings is 3. The monoisotopic (exact) mass is 657 g/mol. The number of nitrogens with zero attached hydrogens (tertiary/aromatic N) is 2. The van der Waals surface area contributed by atoms with E-state index in [0.717, 1.165) is 57.8 Å². The van der Waals surface area contributed by atoms with Crippen molar-refractivity contribution < 1.29 is 24.2 Å². The second kappa shape index (κ2) is 17.2. The highest BCUT2D eigenvalue weighted by Gasteiger charge is 2.38. The predicted octanol–water partition coefficient (Wildman–Crippen LogP) is 5.86. The van der Waals surface area contributed by atoms with Crippen LogP contribution < -0.4 is 10.6 Å². The minimum absolute atomic E-state index is 0.00643. The molecule has 248 valence electrons. The fraction of sp³-hybridized carbons (Fsp3) is 0.389. The number of nitrogens with one attached hydrogen (secondary N) is 3. The number of hydrogen-bond acceptors (Lipinski definition) is 8. The molecule has 0 saturated carbocycles. The van der Waals surface area contributed by atoms with Gasteiger partial charge in [0.15, 0.2) is 11.4 Å². The van der Waals surface area contributed by atoms with Gasteiger partial charge in [-0.05, 0) is 40.7 Å². The number of carbonyl (C=O) groups excluding carboxylic acids is 2. The number of aromatic amines is 1. The van der Waals surface area contributed by atoms with Crippen molar-refractivity contribution >= 4 is 23.6 Å². The highest BCUT2D eigenvalue weighted by atomic mass is 32.2. The van der Waals surface area contributed by atoms with E-state index in [0.29, 0.717) is 25.3 Å². The summed E-state index contributed by atoms with van der Waals surface area (Å²) in [5.74, 6) is 0.730. The topological polar surface area (TPSA) is 138 Å². The molecule has 0 spiro atoms. The smallest absolute Gasteiger partial charge is 0.220 e. The van der Waals surface area contributed by atoms with Gasteiger partial charge in [0.05, 0.1) is 18.8 Å². The lowest BCUT2D eigenvalue weighted by Crippen LogP contribution is -2.38. The molecule has 5 rings (SSSR count). The molecular formula is C36H43N5O5S. The van der Waals surface area contributed by atoms with Gasteiger partial charge in [0.2, 0.25) is 11.8 Å². The number of carbonyl (C=O) groups is 2. The van der Waals surface area contributed by atoms with E-state index in [1.165, 1.54) is 13.3 Å². The van der Waals surface area contributed by atoms with E-state index >= 15 is 0 Å². The molecule has 3 aromatic carbocycles. The third-order valence-corrected chi connectivity index (χ3v) is 9.31. The molecule has 47 heavy (non-hydrogen) atoms. The summed E-state index contributed by atoms with van der Waals surface area (Å²) < 4.78 is 13.2. The number of amides is 2. The lowest BCUT2D eigenvalue weighted by Gasteiger charge is -2.41. The number of ether oxygens (including phenoxy) is 2. The van der Waals surface area contributed by atoms with E-state index in [2.05, 4.69) is 50.9 Å². The number of rotatable bonds is 15. The molecule has 0 bridgehead atoms. The molecule has 0 aliphatic carbocycles. The minimum atomic E-state index is -0.573. The molecule has 1 aliphatic rings. The van der Waals surface area contributed by atoms with E-state index in [4.69, 9.17) is 9.47 Å². The van der Waals surface area contributed by atoms with Crippen molar-refractivity contribution in [3.8, 4) is 11.1 Å². The second-order valence-corrected chi connectivity index (χ2v) is 12.8. The summed E-state index contributed by atoms with van der Waals surface area (Å²) in [5.41, 5.74) is 5.93. The summed E-state index contributed by atoms with van der Waals surface area (Å²) in [5, 5.41) is 23.0. The van der Waals surface area contributed by atoms with Crippen molar-refractivity contribution in [1.82, 2.24) is 25.8 Å². The van der Waals surface area contributed by atoms with Crippen LogP contribution in [0.4, 0.5) is 0 Å². The van der Waals surface area contributed by atoms with Gasteiger partial charge >= 0.3 is 0 Å². The molecule has 4 aromatic rings. The van der Waals surface area contributed by atoms with E-state index in [9.17, 15) is 14.7 Å². The minimum Gasteiger partial charge on any atom is -0.392 e. The zero-order valence-corrected chi connectivity index (χ0v) is 27.7. The van der Waals surface area contributed by atoms with E-state index in [1.54, 1.807) is 11.8 Å². The Hall–Kier alpha value is -4.03. The number of thioether (sulfide) groups is 1. The number of unbranched alkanes of at least 4 members (excludes halogenated alkanes) is 2. The maximum Gasteiger partial charge on any atom is 0.220 e. The first kappa shape index (κ1) is 34.3. The SMILES string of the molecule is CC(=O)NCCCCCC(=O)NCc1ccccc1-c1ccc([C@H]2O[C@@H](CSc3ncn[nH]3)[C@@H](C)[C@@H](c3ccc(CO)cc3)O2)cc1. The first-order chi connectivity index (χ1) is 22.9. The lowest BCUT2D eigenvalue weighted by atomic mass is 9.91. The van der Waals surface area contributed by atoms with Crippen molar-refractivity contribution in [2.75, 3.05) is 12.3 Å². The summed E-state index contributed by atoms with van der Waals surface area (Å²) in [6.45, 7) is 4.72. The molecule has 4 atom stereocenters. The molecule has 0 radical (unpaired) electrons. The van der Waals surface area contributed by atoms with Crippen LogP contribution in [0.15, 0.2) is 84.3 Å². The zero-order valence-electron chi connectivity index (χ0n) is 26.9. The number of aliphatic hydroxyl groups is 1. The summed E-state index contributed by atoms with van der Waals surface area (Å²) in [6, 6.07) is 24.2. The van der Waals surface area contributed by atoms with E-state index in [1.807, 2.05) is 54.6 Å². The molecule has 0 unspecified atom stereocenters. The van der Waals surface area contributed by atoms with Gasteiger partial charge in [0, 0.05) is 43.7 Å². The van der Waals surface area contributed by atoms with Crippen molar-refractivity contribution in [2.45, 2.75) is 76.3 Å². The van der Waals surface area contributed by atoms with Crippen molar-refractivity contribution in [1.29, 1.82) is 0 Å². The second-order valence-electron chi connectivity index (χ2n) is 11.8. The molecule has 4 N–H and O–H groups in total. The van der Waals surface area contributed by atoms with Crippen molar-refractivity contribution in [2.24, 2.45) is 5.92 Å². The Morgan fingerprint density at radius 1 is 0.936 bits per heavy atom. The average Bonchev–Trinajstić information content (AvgIpc) is 3.62. The number of hydrogen-bond donors (Lipinski definition) is 4.